The van der Waals surface area contributed by atoms with Gasteiger partial charge in [-0.05, 0) is 99.1 Å². The second kappa shape index (κ2) is 13.4. The van der Waals surface area contributed by atoms with E-state index in [2.05, 4.69) is 222 Å². The number of benzene rings is 9. The standard InChI is InChI=1S/C51H35N3/c1-3-13-36(14-4-1)41-18-11-22-46(34-41)53(45-30-27-38(28-31-45)42-26-25-37-15-7-8-17-40(37)33-42)47-23-12-19-43(35-47)51-52-49-32-29-39-16-9-10-24-48(39)50(49)54(51)44-20-5-2-6-21-44/h1-35H. The van der Waals surface area contributed by atoms with E-state index in [9.17, 15) is 0 Å². The van der Waals surface area contributed by atoms with E-state index in [4.69, 9.17) is 4.98 Å². The number of nitrogens with zero attached hydrogens (tertiary/aromatic N) is 3. The van der Waals surface area contributed by atoms with Gasteiger partial charge in [-0.2, -0.15) is 0 Å². The summed E-state index contributed by atoms with van der Waals surface area (Å²) in [6.45, 7) is 0. The van der Waals surface area contributed by atoms with Crippen LogP contribution in [-0.4, -0.2) is 9.55 Å². The molecule has 1 aromatic heterocycles. The van der Waals surface area contributed by atoms with Crippen molar-refractivity contribution < 1.29 is 0 Å². The second-order valence-electron chi connectivity index (χ2n) is 13.7. The van der Waals surface area contributed by atoms with Crippen LogP contribution in [0.1, 0.15) is 0 Å². The molecule has 0 aliphatic heterocycles. The lowest BCUT2D eigenvalue weighted by Crippen LogP contribution is -2.10. The summed E-state index contributed by atoms with van der Waals surface area (Å²) in [7, 11) is 0. The van der Waals surface area contributed by atoms with Crippen LogP contribution in [0.2, 0.25) is 0 Å². The summed E-state index contributed by atoms with van der Waals surface area (Å²) in [5.41, 5.74) is 12.1. The third-order valence-corrected chi connectivity index (χ3v) is 10.3. The van der Waals surface area contributed by atoms with Gasteiger partial charge in [0.25, 0.3) is 0 Å². The molecule has 10 aromatic rings. The number of fused-ring (bicyclic) bond motifs is 4. The van der Waals surface area contributed by atoms with Crippen molar-refractivity contribution in [2.45, 2.75) is 0 Å². The highest BCUT2D eigenvalue weighted by molar-refractivity contribution is 6.06. The Labute approximate surface area is 314 Å². The summed E-state index contributed by atoms with van der Waals surface area (Å²) in [6.07, 6.45) is 0. The highest BCUT2D eigenvalue weighted by Crippen LogP contribution is 2.40. The Kier molecular flexibility index (Phi) is 7.81. The third kappa shape index (κ3) is 5.69. The van der Waals surface area contributed by atoms with E-state index in [1.807, 2.05) is 0 Å². The van der Waals surface area contributed by atoms with Gasteiger partial charge in [-0.3, -0.25) is 4.57 Å². The fraction of sp³-hybridized carbons (Fsp3) is 0. The zero-order valence-corrected chi connectivity index (χ0v) is 29.5. The van der Waals surface area contributed by atoms with Crippen molar-refractivity contribution in [1.82, 2.24) is 9.55 Å². The van der Waals surface area contributed by atoms with Crippen LogP contribution in [0.25, 0.3) is 71.9 Å². The van der Waals surface area contributed by atoms with Crippen LogP contribution in [0.5, 0.6) is 0 Å². The van der Waals surface area contributed by atoms with Crippen molar-refractivity contribution >= 4 is 49.6 Å². The number of aromatic nitrogens is 2. The molecule has 0 aliphatic carbocycles. The van der Waals surface area contributed by atoms with Crippen molar-refractivity contribution in [3.63, 3.8) is 0 Å². The molecule has 0 aliphatic rings. The summed E-state index contributed by atoms with van der Waals surface area (Å²) in [4.78, 5) is 7.67. The minimum Gasteiger partial charge on any atom is -0.310 e. The Morgan fingerprint density at radius 3 is 1.69 bits per heavy atom. The van der Waals surface area contributed by atoms with Gasteiger partial charge in [0.05, 0.1) is 11.0 Å². The minimum absolute atomic E-state index is 0.902. The molecule has 1 heterocycles. The molecule has 9 aromatic carbocycles. The number of para-hydroxylation sites is 1. The maximum Gasteiger partial charge on any atom is 0.145 e. The fourth-order valence-corrected chi connectivity index (χ4v) is 7.72. The molecule has 0 saturated heterocycles. The van der Waals surface area contributed by atoms with Crippen LogP contribution in [0.3, 0.4) is 0 Å². The van der Waals surface area contributed by atoms with Gasteiger partial charge in [0.2, 0.25) is 0 Å². The van der Waals surface area contributed by atoms with Crippen LogP contribution >= 0.6 is 0 Å². The van der Waals surface area contributed by atoms with E-state index in [1.54, 1.807) is 0 Å². The molecule has 0 fully saturated rings. The Balaban J connectivity index is 1.14. The molecule has 0 N–H and O–H groups in total. The number of imidazole rings is 1. The minimum atomic E-state index is 0.902. The topological polar surface area (TPSA) is 21.1 Å². The van der Waals surface area contributed by atoms with Crippen molar-refractivity contribution in [1.29, 1.82) is 0 Å². The average molecular weight is 690 g/mol. The van der Waals surface area contributed by atoms with Crippen molar-refractivity contribution in [3.8, 4) is 39.3 Å². The second-order valence-corrected chi connectivity index (χ2v) is 13.7. The third-order valence-electron chi connectivity index (χ3n) is 10.3. The first-order chi connectivity index (χ1) is 26.8. The van der Waals surface area contributed by atoms with Crippen LogP contribution in [-0.2, 0) is 0 Å². The molecule has 3 heteroatoms. The SMILES string of the molecule is c1ccc(-c2cccc(N(c3ccc(-c4ccc5ccccc5c4)cc3)c3cccc(-c4nc5ccc6ccccc6c5n4-c4ccccc4)c3)c2)cc1. The number of anilines is 3. The van der Waals surface area contributed by atoms with Crippen molar-refractivity contribution in [2.75, 3.05) is 4.90 Å². The summed E-state index contributed by atoms with van der Waals surface area (Å²) in [6, 6.07) is 75.8. The Morgan fingerprint density at radius 1 is 0.352 bits per heavy atom. The monoisotopic (exact) mass is 689 g/mol. The predicted molar refractivity (Wildman–Crippen MR) is 227 cm³/mol. The Morgan fingerprint density at radius 2 is 0.907 bits per heavy atom. The van der Waals surface area contributed by atoms with E-state index >= 15 is 0 Å². The summed E-state index contributed by atoms with van der Waals surface area (Å²) in [5.74, 6) is 0.902. The van der Waals surface area contributed by atoms with Crippen LogP contribution in [0, 0.1) is 0 Å². The quantitative estimate of drug-likeness (QED) is 0.166. The molecule has 10 rings (SSSR count). The van der Waals surface area contributed by atoms with Gasteiger partial charge >= 0.3 is 0 Å². The van der Waals surface area contributed by atoms with Gasteiger partial charge < -0.3 is 4.90 Å². The van der Waals surface area contributed by atoms with Gasteiger partial charge in [0.1, 0.15) is 5.82 Å². The van der Waals surface area contributed by atoms with Gasteiger partial charge in [-0.15, -0.1) is 0 Å². The highest BCUT2D eigenvalue weighted by atomic mass is 15.1. The molecule has 0 spiro atoms. The Hall–Kier alpha value is -7.23. The number of rotatable bonds is 7. The zero-order chi connectivity index (χ0) is 35.8. The van der Waals surface area contributed by atoms with Crippen molar-refractivity contribution in [3.05, 3.63) is 212 Å². The number of hydrogen-bond donors (Lipinski definition) is 0. The normalized spacial score (nSPS) is 11.3. The summed E-state index contributed by atoms with van der Waals surface area (Å²) in [5, 5.41) is 4.86. The van der Waals surface area contributed by atoms with E-state index in [0.717, 1.165) is 45.2 Å². The highest BCUT2D eigenvalue weighted by Gasteiger charge is 2.20. The smallest absolute Gasteiger partial charge is 0.145 e. The molecule has 3 nitrogen and oxygen atoms in total. The summed E-state index contributed by atoms with van der Waals surface area (Å²) >= 11 is 0. The first-order valence-electron chi connectivity index (χ1n) is 18.4. The van der Waals surface area contributed by atoms with Gasteiger partial charge in [0, 0.05) is 33.7 Å². The molecule has 0 radical (unpaired) electrons. The largest absolute Gasteiger partial charge is 0.310 e. The first kappa shape index (κ1) is 31.5. The predicted octanol–water partition coefficient (Wildman–Crippen LogP) is 13.8. The maximum atomic E-state index is 5.32. The molecular weight excluding hydrogens is 655 g/mol. The van der Waals surface area contributed by atoms with E-state index in [0.29, 0.717) is 0 Å². The first-order valence-corrected chi connectivity index (χ1v) is 18.4. The van der Waals surface area contributed by atoms with Gasteiger partial charge in [-0.25, -0.2) is 4.98 Å². The Bertz CT molecular complexity index is 2930. The van der Waals surface area contributed by atoms with Crippen LogP contribution in [0.15, 0.2) is 212 Å². The van der Waals surface area contributed by atoms with E-state index in [-0.39, 0.29) is 0 Å². The lowest BCUT2D eigenvalue weighted by Gasteiger charge is -2.27. The lowest BCUT2D eigenvalue weighted by atomic mass is 10.0. The zero-order valence-electron chi connectivity index (χ0n) is 29.5. The van der Waals surface area contributed by atoms with E-state index in [1.165, 1.54) is 43.8 Å². The molecule has 54 heavy (non-hydrogen) atoms. The molecule has 0 amide bonds. The van der Waals surface area contributed by atoms with Crippen molar-refractivity contribution in [2.24, 2.45) is 0 Å². The molecule has 0 atom stereocenters. The average Bonchev–Trinajstić information content (AvgIpc) is 3.65. The molecule has 254 valence electrons. The van der Waals surface area contributed by atoms with Crippen LogP contribution in [0.4, 0.5) is 17.1 Å². The van der Waals surface area contributed by atoms with Gasteiger partial charge in [-0.1, -0.05) is 152 Å². The fourth-order valence-electron chi connectivity index (χ4n) is 7.72. The molecular formula is C51H35N3. The lowest BCUT2D eigenvalue weighted by molar-refractivity contribution is 1.10. The van der Waals surface area contributed by atoms with Gasteiger partial charge in [0.15, 0.2) is 0 Å². The molecule has 0 bridgehead atoms. The summed E-state index contributed by atoms with van der Waals surface area (Å²) < 4.78 is 2.31. The van der Waals surface area contributed by atoms with E-state index < -0.39 is 0 Å². The van der Waals surface area contributed by atoms with Crippen LogP contribution < -0.4 is 4.90 Å². The number of hydrogen-bond acceptors (Lipinski definition) is 2. The maximum absolute atomic E-state index is 5.32. The molecule has 0 saturated carbocycles. The molecule has 0 unspecified atom stereocenters.